The highest BCUT2D eigenvalue weighted by Crippen LogP contribution is 2.08. The second-order valence-corrected chi connectivity index (χ2v) is 2.89. The standard InChI is InChI=1S/C9H9BrN2/c1-7-9(11)5-8(6-12-7)3-2-4-10/h5-6H,4,11H2,1H3. The van der Waals surface area contributed by atoms with Crippen LogP contribution in [0.5, 0.6) is 0 Å². The topological polar surface area (TPSA) is 38.9 Å². The summed E-state index contributed by atoms with van der Waals surface area (Å²) in [6.07, 6.45) is 1.72. The lowest BCUT2D eigenvalue weighted by Gasteiger charge is -1.97. The maximum absolute atomic E-state index is 5.65. The van der Waals surface area contributed by atoms with Crippen LogP contribution in [0.3, 0.4) is 0 Å². The molecule has 1 aromatic heterocycles. The highest BCUT2D eigenvalue weighted by atomic mass is 79.9. The number of anilines is 1. The molecule has 3 heteroatoms. The number of halogens is 1. The lowest BCUT2D eigenvalue weighted by atomic mass is 10.2. The van der Waals surface area contributed by atoms with E-state index in [4.69, 9.17) is 5.73 Å². The number of rotatable bonds is 0. The number of hydrogen-bond donors (Lipinski definition) is 1. The number of nitrogens with zero attached hydrogens (tertiary/aromatic N) is 1. The molecule has 2 nitrogen and oxygen atoms in total. The number of nitrogens with two attached hydrogens (primary N) is 1. The lowest BCUT2D eigenvalue weighted by molar-refractivity contribution is 1.20. The Kier molecular flexibility index (Phi) is 3.12. The van der Waals surface area contributed by atoms with Crippen molar-refractivity contribution in [3.05, 3.63) is 23.5 Å². The smallest absolute Gasteiger partial charge is 0.0649 e. The largest absolute Gasteiger partial charge is 0.397 e. The predicted molar refractivity (Wildman–Crippen MR) is 54.1 cm³/mol. The molecular formula is C9H9BrN2. The van der Waals surface area contributed by atoms with Crippen molar-refractivity contribution < 1.29 is 0 Å². The Balaban J connectivity index is 2.97. The highest BCUT2D eigenvalue weighted by Gasteiger charge is 1.93. The van der Waals surface area contributed by atoms with Gasteiger partial charge in [-0.25, -0.2) is 0 Å². The summed E-state index contributed by atoms with van der Waals surface area (Å²) in [5, 5.41) is 0.667. The third-order valence-corrected chi connectivity index (χ3v) is 1.71. The van der Waals surface area contributed by atoms with Crippen LogP contribution < -0.4 is 5.73 Å². The van der Waals surface area contributed by atoms with Crippen LogP contribution in [-0.2, 0) is 0 Å². The van der Waals surface area contributed by atoms with Gasteiger partial charge in [-0.1, -0.05) is 27.8 Å². The van der Waals surface area contributed by atoms with E-state index >= 15 is 0 Å². The van der Waals surface area contributed by atoms with E-state index < -0.39 is 0 Å². The van der Waals surface area contributed by atoms with Crippen molar-refractivity contribution in [2.45, 2.75) is 6.92 Å². The summed E-state index contributed by atoms with van der Waals surface area (Å²) in [5.41, 5.74) is 8.05. The fourth-order valence-corrected chi connectivity index (χ4v) is 0.894. The Hall–Kier alpha value is -1.01. The van der Waals surface area contributed by atoms with Crippen molar-refractivity contribution in [3.63, 3.8) is 0 Å². The van der Waals surface area contributed by atoms with Gasteiger partial charge >= 0.3 is 0 Å². The molecule has 0 aliphatic carbocycles. The van der Waals surface area contributed by atoms with Gasteiger partial charge in [-0.05, 0) is 13.0 Å². The summed E-state index contributed by atoms with van der Waals surface area (Å²) in [6, 6.07) is 1.83. The SMILES string of the molecule is Cc1ncc(C#CCBr)cc1N. The molecule has 0 aliphatic heterocycles. The average molecular weight is 225 g/mol. The highest BCUT2D eigenvalue weighted by molar-refractivity contribution is 9.09. The van der Waals surface area contributed by atoms with Gasteiger partial charge in [0.2, 0.25) is 0 Å². The molecular weight excluding hydrogens is 216 g/mol. The summed E-state index contributed by atoms with van der Waals surface area (Å²) in [7, 11) is 0. The molecule has 0 aromatic carbocycles. The third-order valence-electron chi connectivity index (χ3n) is 1.43. The molecule has 0 fully saturated rings. The molecule has 12 heavy (non-hydrogen) atoms. The van der Waals surface area contributed by atoms with Crippen molar-refractivity contribution in [1.29, 1.82) is 0 Å². The van der Waals surface area contributed by atoms with Gasteiger partial charge in [0, 0.05) is 11.8 Å². The maximum Gasteiger partial charge on any atom is 0.0649 e. The van der Waals surface area contributed by atoms with E-state index in [2.05, 4.69) is 32.8 Å². The first-order valence-electron chi connectivity index (χ1n) is 3.51. The fourth-order valence-electron chi connectivity index (χ4n) is 0.754. The molecule has 0 saturated heterocycles. The van der Waals surface area contributed by atoms with E-state index in [1.165, 1.54) is 0 Å². The van der Waals surface area contributed by atoms with Crippen molar-refractivity contribution >= 4 is 21.6 Å². The Morgan fingerprint density at radius 3 is 3.00 bits per heavy atom. The van der Waals surface area contributed by atoms with Gasteiger partial charge in [-0.15, -0.1) is 0 Å². The summed E-state index contributed by atoms with van der Waals surface area (Å²) >= 11 is 3.21. The summed E-state index contributed by atoms with van der Waals surface area (Å²) in [4.78, 5) is 4.09. The van der Waals surface area contributed by atoms with Gasteiger partial charge in [-0.2, -0.15) is 0 Å². The first-order chi connectivity index (χ1) is 5.74. The molecule has 1 rings (SSSR count). The minimum Gasteiger partial charge on any atom is -0.397 e. The molecule has 1 aromatic rings. The van der Waals surface area contributed by atoms with E-state index in [0.29, 0.717) is 11.0 Å². The van der Waals surface area contributed by atoms with Crippen LogP contribution in [0.25, 0.3) is 0 Å². The number of aromatic nitrogens is 1. The second kappa shape index (κ2) is 4.13. The number of aryl methyl sites for hydroxylation is 1. The Morgan fingerprint density at radius 2 is 2.42 bits per heavy atom. The first-order valence-corrected chi connectivity index (χ1v) is 4.63. The van der Waals surface area contributed by atoms with Gasteiger partial charge in [0.15, 0.2) is 0 Å². The zero-order valence-electron chi connectivity index (χ0n) is 6.76. The molecule has 0 bridgehead atoms. The lowest BCUT2D eigenvalue weighted by Crippen LogP contribution is -1.93. The fraction of sp³-hybridized carbons (Fsp3) is 0.222. The number of alkyl halides is 1. The Morgan fingerprint density at radius 1 is 1.67 bits per heavy atom. The van der Waals surface area contributed by atoms with Crippen LogP contribution in [0.1, 0.15) is 11.3 Å². The van der Waals surface area contributed by atoms with E-state index in [-0.39, 0.29) is 0 Å². The molecule has 0 atom stereocenters. The molecule has 0 unspecified atom stereocenters. The minimum absolute atomic E-state index is 0.667. The summed E-state index contributed by atoms with van der Waals surface area (Å²) < 4.78 is 0. The van der Waals surface area contributed by atoms with Crippen molar-refractivity contribution in [2.24, 2.45) is 0 Å². The maximum atomic E-state index is 5.65. The quantitative estimate of drug-likeness (QED) is 0.539. The molecule has 0 amide bonds. The number of hydrogen-bond acceptors (Lipinski definition) is 2. The summed E-state index contributed by atoms with van der Waals surface area (Å²) in [5.74, 6) is 5.81. The normalized spacial score (nSPS) is 8.83. The van der Waals surface area contributed by atoms with Crippen LogP contribution in [0.2, 0.25) is 0 Å². The Labute approximate surface area is 80.3 Å². The zero-order chi connectivity index (χ0) is 8.97. The van der Waals surface area contributed by atoms with Crippen LogP contribution in [0.4, 0.5) is 5.69 Å². The number of pyridine rings is 1. The van der Waals surface area contributed by atoms with Gasteiger partial charge < -0.3 is 5.73 Å². The van der Waals surface area contributed by atoms with Crippen LogP contribution >= 0.6 is 15.9 Å². The molecule has 2 N–H and O–H groups in total. The first kappa shape index (κ1) is 9.08. The van der Waals surface area contributed by atoms with Gasteiger partial charge in [0.25, 0.3) is 0 Å². The van der Waals surface area contributed by atoms with E-state index in [1.807, 2.05) is 13.0 Å². The number of nitrogen functional groups attached to an aromatic ring is 1. The van der Waals surface area contributed by atoms with E-state index in [1.54, 1.807) is 6.20 Å². The van der Waals surface area contributed by atoms with E-state index in [9.17, 15) is 0 Å². The molecule has 0 saturated carbocycles. The molecule has 0 radical (unpaired) electrons. The van der Waals surface area contributed by atoms with Crippen LogP contribution in [0.15, 0.2) is 12.3 Å². The zero-order valence-corrected chi connectivity index (χ0v) is 8.35. The monoisotopic (exact) mass is 224 g/mol. The predicted octanol–water partition coefficient (Wildman–Crippen LogP) is 1.72. The molecule has 0 spiro atoms. The molecule has 0 aliphatic rings. The summed E-state index contributed by atoms with van der Waals surface area (Å²) in [6.45, 7) is 1.87. The second-order valence-electron chi connectivity index (χ2n) is 2.33. The van der Waals surface area contributed by atoms with E-state index in [0.717, 1.165) is 11.3 Å². The minimum atomic E-state index is 0.667. The molecule has 1 heterocycles. The third kappa shape index (κ3) is 2.24. The van der Waals surface area contributed by atoms with Crippen molar-refractivity contribution in [2.75, 3.05) is 11.1 Å². The van der Waals surface area contributed by atoms with Gasteiger partial charge in [0.05, 0.1) is 16.7 Å². The van der Waals surface area contributed by atoms with Gasteiger partial charge in [-0.3, -0.25) is 4.98 Å². The van der Waals surface area contributed by atoms with Crippen molar-refractivity contribution in [3.8, 4) is 11.8 Å². The van der Waals surface area contributed by atoms with Crippen LogP contribution in [0, 0.1) is 18.8 Å². The molecule has 62 valence electrons. The average Bonchev–Trinajstić information content (AvgIpc) is 2.07. The van der Waals surface area contributed by atoms with Gasteiger partial charge in [0.1, 0.15) is 0 Å². The van der Waals surface area contributed by atoms with Crippen molar-refractivity contribution in [1.82, 2.24) is 4.98 Å². The van der Waals surface area contributed by atoms with Crippen LogP contribution in [-0.4, -0.2) is 10.3 Å². The Bertz CT molecular complexity index is 336.